The molecule has 0 unspecified atom stereocenters. The fraction of sp³-hybridized carbons (Fsp3) is 0.125. The van der Waals surface area contributed by atoms with Crippen molar-refractivity contribution in [1.82, 2.24) is 10.6 Å². The molecule has 0 saturated carbocycles. The molecule has 0 aliphatic rings. The second-order valence-corrected chi connectivity index (χ2v) is 5.65. The molecule has 24 heavy (non-hydrogen) atoms. The molecule has 8 heteroatoms. The molecule has 0 radical (unpaired) electrons. The topological polar surface area (TPSA) is 82.3 Å². The average Bonchev–Trinajstić information content (AvgIpc) is 2.56. The Hall–Kier alpha value is -2.44. The van der Waals surface area contributed by atoms with E-state index in [1.165, 1.54) is 0 Å². The number of amides is 4. The molecule has 2 aromatic rings. The molecular weight excluding hydrogens is 351 g/mol. The van der Waals surface area contributed by atoms with Crippen LogP contribution in [0.25, 0.3) is 0 Å². The van der Waals surface area contributed by atoms with Crippen LogP contribution in [-0.2, 0) is 0 Å². The van der Waals surface area contributed by atoms with E-state index >= 15 is 0 Å². The molecule has 126 valence electrons. The van der Waals surface area contributed by atoms with Crippen molar-refractivity contribution in [2.75, 3.05) is 23.7 Å². The van der Waals surface area contributed by atoms with Crippen molar-refractivity contribution in [2.24, 2.45) is 0 Å². The molecule has 4 amide bonds. The van der Waals surface area contributed by atoms with Gasteiger partial charge in [-0.2, -0.15) is 0 Å². The van der Waals surface area contributed by atoms with Crippen LogP contribution in [0, 0.1) is 0 Å². The van der Waals surface area contributed by atoms with E-state index in [1.54, 1.807) is 48.5 Å². The van der Waals surface area contributed by atoms with Gasteiger partial charge in [-0.1, -0.05) is 23.2 Å². The largest absolute Gasteiger partial charge is 0.336 e. The first-order valence-corrected chi connectivity index (χ1v) is 7.89. The molecule has 2 rings (SSSR count). The summed E-state index contributed by atoms with van der Waals surface area (Å²) in [6.45, 7) is 0.570. The van der Waals surface area contributed by atoms with Crippen LogP contribution in [0.1, 0.15) is 0 Å². The zero-order valence-electron chi connectivity index (χ0n) is 12.6. The number of urea groups is 2. The van der Waals surface area contributed by atoms with Gasteiger partial charge in [0.15, 0.2) is 0 Å². The standard InChI is InChI=1S/C16H16Cl2N4O2/c17-11-1-5-13(6-2-11)21-15(23)19-9-10-20-16(24)22-14-7-3-12(18)4-8-14/h1-8H,9-10H2,(H2,19,21,23)(H2,20,22,24). The van der Waals surface area contributed by atoms with E-state index in [4.69, 9.17) is 23.2 Å². The molecule has 0 saturated heterocycles. The molecule has 0 bridgehead atoms. The third-order valence-corrected chi connectivity index (χ3v) is 3.40. The van der Waals surface area contributed by atoms with Gasteiger partial charge in [-0.3, -0.25) is 0 Å². The third-order valence-electron chi connectivity index (χ3n) is 2.90. The Morgan fingerprint density at radius 1 is 0.667 bits per heavy atom. The second kappa shape index (κ2) is 9.00. The summed E-state index contributed by atoms with van der Waals surface area (Å²) in [5.74, 6) is 0. The predicted molar refractivity (Wildman–Crippen MR) is 96.9 cm³/mol. The van der Waals surface area contributed by atoms with Crippen LogP contribution in [0.5, 0.6) is 0 Å². The minimum atomic E-state index is -0.364. The van der Waals surface area contributed by atoms with E-state index in [0.29, 0.717) is 21.4 Å². The highest BCUT2D eigenvalue weighted by Crippen LogP contribution is 2.13. The van der Waals surface area contributed by atoms with Gasteiger partial charge < -0.3 is 21.3 Å². The fourth-order valence-corrected chi connectivity index (χ4v) is 2.02. The summed E-state index contributed by atoms with van der Waals surface area (Å²) in [4.78, 5) is 23.3. The van der Waals surface area contributed by atoms with Crippen LogP contribution in [0.2, 0.25) is 10.0 Å². The van der Waals surface area contributed by atoms with Crippen molar-refractivity contribution >= 4 is 46.6 Å². The lowest BCUT2D eigenvalue weighted by atomic mass is 10.3. The molecule has 0 heterocycles. The number of anilines is 2. The van der Waals surface area contributed by atoms with Gasteiger partial charge in [-0.05, 0) is 48.5 Å². The van der Waals surface area contributed by atoms with Crippen LogP contribution in [-0.4, -0.2) is 25.2 Å². The Morgan fingerprint density at radius 2 is 1.00 bits per heavy atom. The van der Waals surface area contributed by atoms with Crippen molar-refractivity contribution in [3.8, 4) is 0 Å². The van der Waals surface area contributed by atoms with Gasteiger partial charge in [-0.15, -0.1) is 0 Å². The van der Waals surface area contributed by atoms with Crippen LogP contribution in [0.3, 0.4) is 0 Å². The van der Waals surface area contributed by atoms with E-state index in [2.05, 4.69) is 21.3 Å². The summed E-state index contributed by atoms with van der Waals surface area (Å²) in [6.07, 6.45) is 0. The van der Waals surface area contributed by atoms with Crippen molar-refractivity contribution in [2.45, 2.75) is 0 Å². The molecule has 0 fully saturated rings. The molecule has 6 nitrogen and oxygen atoms in total. The van der Waals surface area contributed by atoms with Gasteiger partial charge in [0, 0.05) is 34.5 Å². The maximum Gasteiger partial charge on any atom is 0.319 e. The van der Waals surface area contributed by atoms with Gasteiger partial charge in [0.1, 0.15) is 0 Å². The fourth-order valence-electron chi connectivity index (χ4n) is 1.77. The Labute approximate surface area is 149 Å². The van der Waals surface area contributed by atoms with E-state index < -0.39 is 0 Å². The summed E-state index contributed by atoms with van der Waals surface area (Å²) in [5, 5.41) is 11.8. The Morgan fingerprint density at radius 3 is 1.33 bits per heavy atom. The van der Waals surface area contributed by atoms with Crippen LogP contribution in [0.4, 0.5) is 21.0 Å². The Kier molecular flexibility index (Phi) is 6.72. The lowest BCUT2D eigenvalue weighted by molar-refractivity contribution is 0.248. The van der Waals surface area contributed by atoms with Crippen molar-refractivity contribution < 1.29 is 9.59 Å². The average molecular weight is 367 g/mol. The normalized spacial score (nSPS) is 9.92. The minimum absolute atomic E-state index is 0.285. The number of benzene rings is 2. The molecule has 0 spiro atoms. The summed E-state index contributed by atoms with van der Waals surface area (Å²) in [6, 6.07) is 12.8. The highest BCUT2D eigenvalue weighted by atomic mass is 35.5. The first-order valence-electron chi connectivity index (χ1n) is 7.14. The monoisotopic (exact) mass is 366 g/mol. The first-order chi connectivity index (χ1) is 11.5. The third kappa shape index (κ3) is 6.36. The molecule has 0 aliphatic carbocycles. The maximum absolute atomic E-state index is 11.7. The lowest BCUT2D eigenvalue weighted by Crippen LogP contribution is -2.38. The van der Waals surface area contributed by atoms with Crippen molar-refractivity contribution in [3.05, 3.63) is 58.6 Å². The molecule has 4 N–H and O–H groups in total. The van der Waals surface area contributed by atoms with Gasteiger partial charge in [0.25, 0.3) is 0 Å². The summed E-state index contributed by atoms with van der Waals surface area (Å²) >= 11 is 11.5. The molecular formula is C16H16Cl2N4O2. The summed E-state index contributed by atoms with van der Waals surface area (Å²) in [5.41, 5.74) is 1.26. The number of carbonyl (C=O) groups is 2. The van der Waals surface area contributed by atoms with Gasteiger partial charge in [0.2, 0.25) is 0 Å². The quantitative estimate of drug-likeness (QED) is 0.604. The number of rotatable bonds is 5. The second-order valence-electron chi connectivity index (χ2n) is 4.78. The number of hydrogen-bond acceptors (Lipinski definition) is 2. The van der Waals surface area contributed by atoms with E-state index in [1.807, 2.05) is 0 Å². The molecule has 0 atom stereocenters. The van der Waals surface area contributed by atoms with Crippen LogP contribution >= 0.6 is 23.2 Å². The van der Waals surface area contributed by atoms with E-state index in [0.717, 1.165) is 0 Å². The van der Waals surface area contributed by atoms with Gasteiger partial charge >= 0.3 is 12.1 Å². The Balaban J connectivity index is 1.63. The number of hydrogen-bond donors (Lipinski definition) is 4. The molecule has 0 aliphatic heterocycles. The SMILES string of the molecule is O=C(NCCNC(=O)Nc1ccc(Cl)cc1)Nc1ccc(Cl)cc1. The van der Waals surface area contributed by atoms with Crippen molar-refractivity contribution in [1.29, 1.82) is 0 Å². The maximum atomic E-state index is 11.7. The predicted octanol–water partition coefficient (Wildman–Crippen LogP) is 3.94. The number of nitrogens with one attached hydrogen (secondary N) is 4. The van der Waals surface area contributed by atoms with E-state index in [9.17, 15) is 9.59 Å². The van der Waals surface area contributed by atoms with Crippen LogP contribution < -0.4 is 21.3 Å². The smallest absolute Gasteiger partial charge is 0.319 e. The minimum Gasteiger partial charge on any atom is -0.336 e. The molecule has 2 aromatic carbocycles. The zero-order valence-corrected chi connectivity index (χ0v) is 14.1. The summed E-state index contributed by atoms with van der Waals surface area (Å²) in [7, 11) is 0. The van der Waals surface area contributed by atoms with Gasteiger partial charge in [0.05, 0.1) is 0 Å². The Bertz CT molecular complexity index is 629. The van der Waals surface area contributed by atoms with Crippen LogP contribution in [0.15, 0.2) is 48.5 Å². The zero-order chi connectivity index (χ0) is 17.4. The number of carbonyl (C=O) groups excluding carboxylic acids is 2. The summed E-state index contributed by atoms with van der Waals surface area (Å²) < 4.78 is 0. The van der Waals surface area contributed by atoms with Crippen molar-refractivity contribution in [3.63, 3.8) is 0 Å². The lowest BCUT2D eigenvalue weighted by Gasteiger charge is -2.09. The first kappa shape index (κ1) is 17.9. The number of halogens is 2. The molecule has 0 aromatic heterocycles. The highest BCUT2D eigenvalue weighted by Gasteiger charge is 2.03. The highest BCUT2D eigenvalue weighted by molar-refractivity contribution is 6.30. The van der Waals surface area contributed by atoms with E-state index in [-0.39, 0.29) is 25.2 Å². The van der Waals surface area contributed by atoms with Gasteiger partial charge in [-0.25, -0.2) is 9.59 Å².